The van der Waals surface area contributed by atoms with E-state index in [1.54, 1.807) is 12.1 Å². The van der Waals surface area contributed by atoms with Crippen molar-refractivity contribution in [3.63, 3.8) is 0 Å². The van der Waals surface area contributed by atoms with Gasteiger partial charge in [0.25, 0.3) is 0 Å². The fraction of sp³-hybridized carbons (Fsp3) is 0.538. The number of nitrogen functional groups attached to an aromatic ring is 1. The quantitative estimate of drug-likeness (QED) is 0.623. The second-order valence-electron chi connectivity index (χ2n) is 6.00. The van der Waals surface area contributed by atoms with Crippen LogP contribution in [0.25, 0.3) is 0 Å². The molecule has 1 aromatic carbocycles. The zero-order valence-electron chi connectivity index (χ0n) is 11.6. The molecule has 1 rings (SSSR count). The van der Waals surface area contributed by atoms with Gasteiger partial charge in [-0.2, -0.15) is 0 Å². The fourth-order valence-corrected chi connectivity index (χ4v) is 2.75. The lowest BCUT2D eigenvalue weighted by atomic mass is 10.2. The monoisotopic (exact) mass is 305 g/mol. The molecule has 0 unspecified atom stereocenters. The van der Waals surface area contributed by atoms with Crippen molar-refractivity contribution in [2.24, 2.45) is 0 Å². The van der Waals surface area contributed by atoms with Crippen molar-refractivity contribution >= 4 is 37.2 Å². The molecule has 102 valence electrons. The fourth-order valence-electron chi connectivity index (χ4n) is 1.24. The molecule has 0 aliphatic heterocycles. The number of nitrogens with two attached hydrogens (primary N) is 1. The Morgan fingerprint density at radius 1 is 1.22 bits per heavy atom. The zero-order chi connectivity index (χ0) is 14.1. The molecule has 0 spiro atoms. The van der Waals surface area contributed by atoms with Gasteiger partial charge in [-0.3, -0.25) is 0 Å². The summed E-state index contributed by atoms with van der Waals surface area (Å²) in [6.07, 6.45) is 0. The van der Waals surface area contributed by atoms with Crippen molar-refractivity contribution < 1.29 is 4.43 Å². The third-order valence-corrected chi connectivity index (χ3v) is 8.61. The highest BCUT2D eigenvalue weighted by molar-refractivity contribution is 6.74. The summed E-state index contributed by atoms with van der Waals surface area (Å²) in [7, 11) is -1.79. The Bertz CT molecular complexity index is 418. The highest BCUT2D eigenvalue weighted by Gasteiger charge is 2.37. The van der Waals surface area contributed by atoms with Gasteiger partial charge in [0, 0.05) is 21.3 Å². The summed E-state index contributed by atoms with van der Waals surface area (Å²) in [6.45, 7) is 11.4. The number of hydrogen-bond acceptors (Lipinski definition) is 2. The minimum Gasteiger partial charge on any atom is -0.412 e. The SMILES string of the molecule is CC(C)(C)[Si](C)(C)OCc1c(N)cc(Cl)cc1Cl. The lowest BCUT2D eigenvalue weighted by molar-refractivity contribution is 0.277. The molecule has 18 heavy (non-hydrogen) atoms. The number of rotatable bonds is 3. The van der Waals surface area contributed by atoms with Gasteiger partial charge in [0.05, 0.1) is 6.61 Å². The summed E-state index contributed by atoms with van der Waals surface area (Å²) in [5.74, 6) is 0. The Morgan fingerprint density at radius 3 is 2.22 bits per heavy atom. The first-order valence-electron chi connectivity index (χ1n) is 5.92. The normalized spacial score (nSPS) is 12.8. The van der Waals surface area contributed by atoms with Crippen LogP contribution in [-0.4, -0.2) is 8.32 Å². The Labute approximate surface area is 121 Å². The van der Waals surface area contributed by atoms with Gasteiger partial charge in [0.1, 0.15) is 0 Å². The van der Waals surface area contributed by atoms with Crippen LogP contribution >= 0.6 is 23.2 Å². The van der Waals surface area contributed by atoms with Crippen LogP contribution in [0.1, 0.15) is 26.3 Å². The molecule has 2 nitrogen and oxygen atoms in total. The van der Waals surface area contributed by atoms with Crippen molar-refractivity contribution in [1.29, 1.82) is 0 Å². The molecule has 0 bridgehead atoms. The second-order valence-corrected chi connectivity index (χ2v) is 11.7. The van der Waals surface area contributed by atoms with Gasteiger partial charge in [-0.05, 0) is 30.3 Å². The summed E-state index contributed by atoms with van der Waals surface area (Å²) in [5.41, 5.74) is 7.34. The van der Waals surface area contributed by atoms with Crippen LogP contribution in [0.3, 0.4) is 0 Å². The Hall–Kier alpha value is -0.223. The van der Waals surface area contributed by atoms with Crippen LogP contribution < -0.4 is 5.73 Å². The van der Waals surface area contributed by atoms with Crippen LogP contribution in [0.15, 0.2) is 12.1 Å². The lowest BCUT2D eigenvalue weighted by Crippen LogP contribution is -2.40. The Morgan fingerprint density at radius 2 is 1.78 bits per heavy atom. The van der Waals surface area contributed by atoms with Crippen molar-refractivity contribution in [2.45, 2.75) is 45.5 Å². The number of hydrogen-bond donors (Lipinski definition) is 1. The molecule has 0 amide bonds. The van der Waals surface area contributed by atoms with Crippen molar-refractivity contribution in [1.82, 2.24) is 0 Å². The maximum atomic E-state index is 6.15. The smallest absolute Gasteiger partial charge is 0.192 e. The molecular formula is C13H21Cl2NOSi. The minimum atomic E-state index is -1.79. The Balaban J connectivity index is 2.88. The maximum absolute atomic E-state index is 6.15. The lowest BCUT2D eigenvalue weighted by Gasteiger charge is -2.36. The van der Waals surface area contributed by atoms with Crippen molar-refractivity contribution in [2.75, 3.05) is 5.73 Å². The predicted molar refractivity (Wildman–Crippen MR) is 82.9 cm³/mol. The van der Waals surface area contributed by atoms with Gasteiger partial charge in [-0.15, -0.1) is 0 Å². The number of halogens is 2. The molecule has 1 aromatic rings. The zero-order valence-corrected chi connectivity index (χ0v) is 14.1. The highest BCUT2D eigenvalue weighted by Crippen LogP contribution is 2.38. The molecule has 5 heteroatoms. The summed E-state index contributed by atoms with van der Waals surface area (Å²) < 4.78 is 6.11. The van der Waals surface area contributed by atoms with Gasteiger partial charge in [0.2, 0.25) is 0 Å². The average Bonchev–Trinajstić information content (AvgIpc) is 2.13. The summed E-state index contributed by atoms with van der Waals surface area (Å²) in [6, 6.07) is 3.40. The van der Waals surface area contributed by atoms with E-state index in [4.69, 9.17) is 33.4 Å². The minimum absolute atomic E-state index is 0.167. The van der Waals surface area contributed by atoms with Crippen molar-refractivity contribution in [3.05, 3.63) is 27.7 Å². The standard InChI is InChI=1S/C13H21Cl2NOSi/c1-13(2,3)18(4,5)17-8-10-11(15)6-9(14)7-12(10)16/h6-7H,8,16H2,1-5H3. The molecule has 0 atom stereocenters. The van der Waals surface area contributed by atoms with E-state index in [-0.39, 0.29) is 5.04 Å². The predicted octanol–water partition coefficient (Wildman–Crippen LogP) is 5.10. The third-order valence-electron chi connectivity index (χ3n) is 3.58. The first-order chi connectivity index (χ1) is 8.04. The Kier molecular flexibility index (Phi) is 4.76. The van der Waals surface area contributed by atoms with E-state index in [1.807, 2.05) is 0 Å². The van der Waals surface area contributed by atoms with Crippen LogP contribution in [0.2, 0.25) is 28.2 Å². The van der Waals surface area contributed by atoms with Gasteiger partial charge < -0.3 is 10.2 Å². The number of benzene rings is 1. The summed E-state index contributed by atoms with van der Waals surface area (Å²) >= 11 is 12.0. The topological polar surface area (TPSA) is 35.2 Å². The molecule has 0 heterocycles. The summed E-state index contributed by atoms with van der Waals surface area (Å²) in [5, 5.41) is 1.29. The maximum Gasteiger partial charge on any atom is 0.192 e. The molecule has 0 fully saturated rings. The van der Waals surface area contributed by atoms with Gasteiger partial charge in [-0.1, -0.05) is 44.0 Å². The summed E-state index contributed by atoms with van der Waals surface area (Å²) in [4.78, 5) is 0. The third kappa shape index (κ3) is 3.64. The largest absolute Gasteiger partial charge is 0.412 e. The van der Waals surface area contributed by atoms with E-state index in [9.17, 15) is 0 Å². The van der Waals surface area contributed by atoms with Crippen LogP contribution in [0.4, 0.5) is 5.69 Å². The van der Waals surface area contributed by atoms with E-state index in [1.165, 1.54) is 0 Å². The molecule has 0 saturated carbocycles. The van der Waals surface area contributed by atoms with E-state index < -0.39 is 8.32 Å². The molecule has 0 aliphatic carbocycles. The van der Waals surface area contributed by atoms with E-state index >= 15 is 0 Å². The van der Waals surface area contributed by atoms with E-state index in [0.29, 0.717) is 22.3 Å². The second kappa shape index (κ2) is 5.41. The van der Waals surface area contributed by atoms with E-state index in [0.717, 1.165) is 5.56 Å². The molecule has 2 N–H and O–H groups in total. The van der Waals surface area contributed by atoms with Crippen molar-refractivity contribution in [3.8, 4) is 0 Å². The molecule has 0 saturated heterocycles. The first-order valence-corrected chi connectivity index (χ1v) is 9.58. The molecule has 0 aliphatic rings. The molecule has 0 radical (unpaired) electrons. The molecular weight excluding hydrogens is 285 g/mol. The van der Waals surface area contributed by atoms with Gasteiger partial charge in [0.15, 0.2) is 8.32 Å². The van der Waals surface area contributed by atoms with Crippen LogP contribution in [-0.2, 0) is 11.0 Å². The van der Waals surface area contributed by atoms with Crippen LogP contribution in [0.5, 0.6) is 0 Å². The van der Waals surface area contributed by atoms with Gasteiger partial charge in [-0.25, -0.2) is 0 Å². The van der Waals surface area contributed by atoms with Crippen LogP contribution in [0, 0.1) is 0 Å². The molecule has 0 aromatic heterocycles. The van der Waals surface area contributed by atoms with E-state index in [2.05, 4.69) is 33.9 Å². The number of anilines is 1. The van der Waals surface area contributed by atoms with Gasteiger partial charge >= 0.3 is 0 Å². The first kappa shape index (κ1) is 15.8. The highest BCUT2D eigenvalue weighted by atomic mass is 35.5. The average molecular weight is 306 g/mol.